The molecule has 5 heteroatoms. The van der Waals surface area contributed by atoms with Crippen LogP contribution < -0.4 is 14.3 Å². The fraction of sp³-hybridized carbons (Fsp3) is 0.250. The lowest BCUT2D eigenvalue weighted by Crippen LogP contribution is -2.72. The van der Waals surface area contributed by atoms with Gasteiger partial charge in [-0.05, 0) is 83.5 Å². The van der Waals surface area contributed by atoms with Crippen molar-refractivity contribution >= 4 is 46.2 Å². The molecule has 0 amide bonds. The van der Waals surface area contributed by atoms with E-state index in [1.807, 2.05) is 0 Å². The molecule has 2 aliphatic rings. The number of pyridine rings is 1. The highest BCUT2D eigenvalue weighted by Gasteiger charge is 2.67. The van der Waals surface area contributed by atoms with E-state index >= 15 is 0 Å². The quantitative estimate of drug-likeness (QED) is 0.132. The van der Waals surface area contributed by atoms with E-state index in [0.29, 0.717) is 5.92 Å². The van der Waals surface area contributed by atoms with Crippen molar-refractivity contribution in [3.63, 3.8) is 0 Å². The van der Waals surface area contributed by atoms with Crippen LogP contribution in [0.3, 0.4) is 0 Å². The third-order valence-electron chi connectivity index (χ3n) is 11.8. The van der Waals surface area contributed by atoms with Crippen molar-refractivity contribution in [1.82, 2.24) is 4.57 Å². The van der Waals surface area contributed by atoms with Crippen molar-refractivity contribution in [1.29, 1.82) is 0 Å². The van der Waals surface area contributed by atoms with Crippen LogP contribution >= 0.6 is 0 Å². The Labute approximate surface area is 313 Å². The van der Waals surface area contributed by atoms with Crippen LogP contribution in [0.2, 0.25) is 19.6 Å². The molecule has 1 atom stereocenters. The molecular weight excluding hydrogens is 663 g/mol. The van der Waals surface area contributed by atoms with E-state index in [1.165, 1.54) is 49.7 Å². The molecule has 10 rings (SSSR count). The summed E-state index contributed by atoms with van der Waals surface area (Å²) in [5.74, 6) is 1.70. The molecule has 0 radical (unpaired) electrons. The maximum absolute atomic E-state index is 7.01. The lowest BCUT2D eigenvalue weighted by Gasteiger charge is -2.25. The molecule has 0 saturated carbocycles. The minimum absolute atomic E-state index is 0.0302. The van der Waals surface area contributed by atoms with E-state index in [1.54, 1.807) is 0 Å². The van der Waals surface area contributed by atoms with Gasteiger partial charge in [-0.25, -0.2) is 0 Å². The molecule has 4 nitrogen and oxygen atoms in total. The zero-order chi connectivity index (χ0) is 36.6. The maximum Gasteiger partial charge on any atom is 0.364 e. The standard InChI is InChI=1S/C48H47N3OSi/c1-30(2)26-31-27-41-36-23-22-32(47(3,4)5)28-38(36)48(49(41)29-43(31)53(6,7)8)37-25-24-35-34-18-12-15-21-42(34)52-45(35)44(37)46-50(33-16-10-9-11-17-33)39-19-13-14-20-40(39)51(46)48/h9-25,27-30H,26H2,1-8H3/q+2. The molecule has 8 aromatic rings. The van der Waals surface area contributed by atoms with Crippen molar-refractivity contribution in [3.8, 4) is 28.3 Å². The second-order valence-corrected chi connectivity index (χ2v) is 22.8. The number of aromatic nitrogens is 3. The van der Waals surface area contributed by atoms with Crippen molar-refractivity contribution < 1.29 is 13.6 Å². The molecule has 1 unspecified atom stereocenters. The number of para-hydroxylation sites is 4. The molecule has 0 bridgehead atoms. The van der Waals surface area contributed by atoms with Gasteiger partial charge in [0.15, 0.2) is 22.8 Å². The van der Waals surface area contributed by atoms with E-state index in [4.69, 9.17) is 4.42 Å². The number of imidazole rings is 1. The Kier molecular flexibility index (Phi) is 6.66. The zero-order valence-corrected chi connectivity index (χ0v) is 33.1. The predicted octanol–water partition coefficient (Wildman–Crippen LogP) is 10.4. The van der Waals surface area contributed by atoms with Crippen molar-refractivity contribution in [3.05, 3.63) is 144 Å². The highest BCUT2D eigenvalue weighted by Crippen LogP contribution is 2.53. The lowest BCUT2D eigenvalue weighted by molar-refractivity contribution is -0.944. The monoisotopic (exact) mass is 709 g/mol. The third kappa shape index (κ3) is 4.34. The van der Waals surface area contributed by atoms with Crippen LogP contribution in [0.4, 0.5) is 0 Å². The summed E-state index contributed by atoms with van der Waals surface area (Å²) >= 11 is 0. The first kappa shape index (κ1) is 32.4. The molecule has 0 saturated heterocycles. The van der Waals surface area contributed by atoms with Crippen LogP contribution in [0.15, 0.2) is 126 Å². The summed E-state index contributed by atoms with van der Waals surface area (Å²) in [5, 5.41) is 3.83. The number of fused-ring (bicyclic) bond motifs is 16. The molecule has 1 spiro atoms. The number of furan rings is 1. The number of hydrogen-bond donors (Lipinski definition) is 0. The number of nitrogens with zero attached hydrogens (tertiary/aromatic N) is 3. The maximum atomic E-state index is 7.01. The molecule has 0 N–H and O–H groups in total. The SMILES string of the molecule is CC(C)Cc1cc2[n+](cc1[Si](C)(C)C)C1(c3cc(C(C)(C)C)ccc3-2)c2ccc3c(oc4ccccc43)c2-c2n(-c3ccccc3)c3ccccc3[n+]21. The fourth-order valence-electron chi connectivity index (χ4n) is 9.49. The molecule has 53 heavy (non-hydrogen) atoms. The van der Waals surface area contributed by atoms with E-state index < -0.39 is 13.7 Å². The molecule has 262 valence electrons. The predicted molar refractivity (Wildman–Crippen MR) is 220 cm³/mol. The van der Waals surface area contributed by atoms with E-state index in [2.05, 4.69) is 189 Å². The van der Waals surface area contributed by atoms with E-state index in [0.717, 1.165) is 45.4 Å². The van der Waals surface area contributed by atoms with Gasteiger partial charge >= 0.3 is 11.5 Å². The summed E-state index contributed by atoms with van der Waals surface area (Å²) in [7, 11) is -1.80. The van der Waals surface area contributed by atoms with Gasteiger partial charge in [0.25, 0.3) is 0 Å². The largest absolute Gasteiger partial charge is 0.455 e. The topological polar surface area (TPSA) is 25.8 Å². The Balaban J connectivity index is 1.47. The molecule has 2 aliphatic heterocycles. The number of benzene rings is 5. The van der Waals surface area contributed by atoms with Gasteiger partial charge in [-0.3, -0.25) is 0 Å². The highest BCUT2D eigenvalue weighted by molar-refractivity contribution is 6.89. The summed E-state index contributed by atoms with van der Waals surface area (Å²) in [6, 6.07) is 43.0. The summed E-state index contributed by atoms with van der Waals surface area (Å²) < 4.78 is 14.8. The average Bonchev–Trinajstić information content (AvgIpc) is 3.83. The van der Waals surface area contributed by atoms with Crippen LogP contribution in [0.1, 0.15) is 56.9 Å². The Morgan fingerprint density at radius 3 is 2.26 bits per heavy atom. The second kappa shape index (κ2) is 10.9. The van der Waals surface area contributed by atoms with Crippen molar-refractivity contribution in [2.45, 2.75) is 71.8 Å². The van der Waals surface area contributed by atoms with Gasteiger partial charge in [0.2, 0.25) is 5.69 Å². The van der Waals surface area contributed by atoms with Crippen LogP contribution in [0.5, 0.6) is 0 Å². The Morgan fingerprint density at radius 2 is 1.51 bits per heavy atom. The lowest BCUT2D eigenvalue weighted by atomic mass is 9.82. The summed E-state index contributed by atoms with van der Waals surface area (Å²) in [6.07, 6.45) is 3.65. The van der Waals surface area contributed by atoms with Crippen molar-refractivity contribution in [2.24, 2.45) is 5.92 Å². The van der Waals surface area contributed by atoms with E-state index in [-0.39, 0.29) is 5.41 Å². The average molecular weight is 710 g/mol. The minimum atomic E-state index is -1.80. The first-order valence-electron chi connectivity index (χ1n) is 19.2. The normalized spacial score (nSPS) is 16.2. The van der Waals surface area contributed by atoms with Crippen LogP contribution in [0.25, 0.3) is 61.3 Å². The molecule has 3 aromatic heterocycles. The molecule has 0 fully saturated rings. The molecule has 0 aliphatic carbocycles. The van der Waals surface area contributed by atoms with Crippen LogP contribution in [0, 0.1) is 5.92 Å². The summed E-state index contributed by atoms with van der Waals surface area (Å²) in [6.45, 7) is 19.2. The first-order chi connectivity index (χ1) is 25.4. The van der Waals surface area contributed by atoms with Gasteiger partial charge in [-0.1, -0.05) is 109 Å². The van der Waals surface area contributed by atoms with Gasteiger partial charge in [0.05, 0.1) is 24.8 Å². The Morgan fingerprint density at radius 1 is 0.774 bits per heavy atom. The fourth-order valence-corrected chi connectivity index (χ4v) is 11.1. The zero-order valence-electron chi connectivity index (χ0n) is 32.1. The van der Waals surface area contributed by atoms with Gasteiger partial charge < -0.3 is 4.42 Å². The second-order valence-electron chi connectivity index (χ2n) is 17.8. The summed E-state index contributed by atoms with van der Waals surface area (Å²) in [5.41, 5.74) is 13.8. The summed E-state index contributed by atoms with van der Waals surface area (Å²) in [4.78, 5) is 0. The first-order valence-corrected chi connectivity index (χ1v) is 22.7. The highest BCUT2D eigenvalue weighted by atomic mass is 28.3. The van der Waals surface area contributed by atoms with Gasteiger partial charge in [-0.2, -0.15) is 4.57 Å². The van der Waals surface area contributed by atoms with Gasteiger partial charge in [0.1, 0.15) is 16.8 Å². The Hall–Kier alpha value is -5.26. The molecular formula is C48H47N3OSi+2. The van der Waals surface area contributed by atoms with E-state index in [9.17, 15) is 0 Å². The van der Waals surface area contributed by atoms with Gasteiger partial charge in [-0.15, -0.1) is 9.13 Å². The number of hydrogen-bond acceptors (Lipinski definition) is 1. The minimum Gasteiger partial charge on any atom is -0.455 e. The van der Waals surface area contributed by atoms with Crippen LogP contribution in [-0.4, -0.2) is 12.6 Å². The third-order valence-corrected chi connectivity index (χ3v) is 13.8. The van der Waals surface area contributed by atoms with Crippen molar-refractivity contribution in [2.75, 3.05) is 0 Å². The Bertz CT molecular complexity index is 2810. The number of rotatable bonds is 4. The smallest absolute Gasteiger partial charge is 0.364 e. The van der Waals surface area contributed by atoms with Gasteiger partial charge in [0, 0.05) is 22.0 Å². The molecule has 5 aromatic carbocycles. The molecule has 5 heterocycles. The van der Waals surface area contributed by atoms with Crippen LogP contribution in [-0.2, 0) is 17.5 Å².